The molecule has 0 rings (SSSR count). The van der Waals surface area contributed by atoms with Crippen LogP contribution in [0.4, 0.5) is 13.2 Å². The summed E-state index contributed by atoms with van der Waals surface area (Å²) in [7, 11) is 0. The second kappa shape index (κ2) is 9.52. The normalized spacial score (nSPS) is 15.5. The van der Waals surface area contributed by atoms with Crippen molar-refractivity contribution < 1.29 is 32.6 Å². The van der Waals surface area contributed by atoms with E-state index in [1.54, 1.807) is 19.9 Å². The van der Waals surface area contributed by atoms with Crippen molar-refractivity contribution in [3.63, 3.8) is 0 Å². The molecule has 1 N–H and O–H groups in total. The average Bonchev–Trinajstić information content (AvgIpc) is 2.45. The third-order valence-electron chi connectivity index (χ3n) is 3.70. The van der Waals surface area contributed by atoms with Crippen LogP contribution < -0.4 is 0 Å². The molecule has 7 heteroatoms. The second-order valence-electron chi connectivity index (χ2n) is 6.34. The van der Waals surface area contributed by atoms with Crippen LogP contribution in [0.1, 0.15) is 41.5 Å². The van der Waals surface area contributed by atoms with E-state index in [-0.39, 0.29) is 11.1 Å². The number of ether oxygens (including phenoxy) is 1. The Morgan fingerprint density at radius 3 is 2.08 bits per heavy atom. The Hall–Kier alpha value is -2.15. The first kappa shape index (κ1) is 23.9. The fourth-order valence-corrected chi connectivity index (χ4v) is 2.61. The fraction of sp³-hybridized carbons (Fsp3) is 0.474. The Kier molecular flexibility index (Phi) is 8.73. The molecule has 0 aromatic heterocycles. The monoisotopic (exact) mass is 374 g/mol. The topological polar surface area (TPSA) is 63.6 Å². The van der Waals surface area contributed by atoms with E-state index in [1.807, 2.05) is 26.0 Å². The molecule has 0 saturated heterocycles. The van der Waals surface area contributed by atoms with Crippen LogP contribution in [0.25, 0.3) is 0 Å². The Morgan fingerprint density at radius 1 is 1.15 bits per heavy atom. The number of aldehydes is 1. The maximum absolute atomic E-state index is 12.5. The van der Waals surface area contributed by atoms with E-state index in [4.69, 9.17) is 0 Å². The minimum Gasteiger partial charge on any atom is -0.410 e. The zero-order valence-corrected chi connectivity index (χ0v) is 15.8. The minimum absolute atomic E-state index is 0.0521. The Bertz CT molecular complexity index is 663. The Balaban J connectivity index is 6.17. The van der Waals surface area contributed by atoms with Gasteiger partial charge in [0.15, 0.2) is 5.78 Å². The van der Waals surface area contributed by atoms with Crippen molar-refractivity contribution in [3.8, 4) is 0 Å². The van der Waals surface area contributed by atoms with Crippen molar-refractivity contribution in [3.05, 3.63) is 46.3 Å². The number of rotatable bonds is 8. The summed E-state index contributed by atoms with van der Waals surface area (Å²) < 4.78 is 40.8. The van der Waals surface area contributed by atoms with E-state index in [2.05, 4.69) is 4.74 Å². The summed E-state index contributed by atoms with van der Waals surface area (Å²) in [5, 5.41) is 9.33. The summed E-state index contributed by atoms with van der Waals surface area (Å²) in [6.07, 6.45) is 0.925. The molecule has 0 atom stereocenters. The average molecular weight is 374 g/mol. The molecule has 0 unspecified atom stereocenters. The zero-order valence-electron chi connectivity index (χ0n) is 15.8. The molecule has 0 fully saturated rings. The van der Waals surface area contributed by atoms with Crippen LogP contribution in [0.3, 0.4) is 0 Å². The molecule has 0 aliphatic carbocycles. The van der Waals surface area contributed by atoms with Crippen LogP contribution in [-0.4, -0.2) is 30.1 Å². The van der Waals surface area contributed by atoms with Crippen molar-refractivity contribution in [1.82, 2.24) is 0 Å². The van der Waals surface area contributed by atoms with Crippen molar-refractivity contribution in [2.45, 2.75) is 47.9 Å². The molecule has 4 nitrogen and oxygen atoms in total. The predicted octanol–water partition coefficient (Wildman–Crippen LogP) is 4.42. The van der Waals surface area contributed by atoms with E-state index in [9.17, 15) is 27.9 Å². The summed E-state index contributed by atoms with van der Waals surface area (Å²) >= 11 is 0. The minimum atomic E-state index is -4.98. The maximum atomic E-state index is 12.5. The summed E-state index contributed by atoms with van der Waals surface area (Å²) in [5.74, 6) is -1.63. The van der Waals surface area contributed by atoms with Crippen LogP contribution in [-0.2, 0) is 14.3 Å². The zero-order chi connectivity index (χ0) is 20.7. The number of alkyl halides is 3. The number of hydrogen-bond acceptors (Lipinski definition) is 4. The van der Waals surface area contributed by atoms with Crippen molar-refractivity contribution in [2.75, 3.05) is 6.61 Å². The third kappa shape index (κ3) is 7.00. The molecule has 0 aliphatic rings. The van der Waals surface area contributed by atoms with E-state index < -0.39 is 35.5 Å². The standard InChI is InChI=1S/C19H25F3O4/c1-7-8-12(2)9-18(5,6)16(11-24)13(3)17(25)15(10-23)14(4)26-19(20,21)22/h7-9,11,23H,10H2,1-6H3/b8-7-,12-9+,15-14+,16-13+. The van der Waals surface area contributed by atoms with Gasteiger partial charge in [0.05, 0.1) is 12.2 Å². The maximum Gasteiger partial charge on any atom is 0.572 e. The number of hydrogen-bond donors (Lipinski definition) is 1. The summed E-state index contributed by atoms with van der Waals surface area (Å²) in [4.78, 5) is 24.1. The SMILES string of the molecule is C/C=C\C(C)=C\C(C)(C)/C(C=O)=C(\C)C(=O)/C(CO)=C(\C)OC(F)(F)F. The first-order valence-corrected chi connectivity index (χ1v) is 7.90. The van der Waals surface area contributed by atoms with Gasteiger partial charge in [-0.3, -0.25) is 9.59 Å². The molecule has 146 valence electrons. The molecule has 0 saturated carbocycles. The number of carbonyl (C=O) groups excluding carboxylic acids is 2. The number of Topliss-reactive ketones (excluding diaryl/α,β-unsaturated/α-hetero) is 1. The van der Waals surface area contributed by atoms with Gasteiger partial charge in [0.25, 0.3) is 0 Å². The van der Waals surface area contributed by atoms with E-state index >= 15 is 0 Å². The van der Waals surface area contributed by atoms with Gasteiger partial charge in [-0.2, -0.15) is 0 Å². The number of aliphatic hydroxyl groups excluding tert-OH is 1. The number of ketones is 1. The highest BCUT2D eigenvalue weighted by Crippen LogP contribution is 2.32. The molecule has 0 aromatic carbocycles. The molecular formula is C19H25F3O4. The molecule has 0 spiro atoms. The highest BCUT2D eigenvalue weighted by Gasteiger charge is 2.33. The molecule has 0 bridgehead atoms. The van der Waals surface area contributed by atoms with Crippen molar-refractivity contribution in [2.24, 2.45) is 5.41 Å². The van der Waals surface area contributed by atoms with E-state index in [0.29, 0.717) is 6.29 Å². The Morgan fingerprint density at radius 2 is 1.69 bits per heavy atom. The lowest BCUT2D eigenvalue weighted by molar-refractivity contribution is -0.305. The van der Waals surface area contributed by atoms with Gasteiger partial charge in [-0.1, -0.05) is 37.6 Å². The Labute approximate surface area is 151 Å². The van der Waals surface area contributed by atoms with Gasteiger partial charge in [0.2, 0.25) is 0 Å². The van der Waals surface area contributed by atoms with Crippen molar-refractivity contribution in [1.29, 1.82) is 0 Å². The van der Waals surface area contributed by atoms with Gasteiger partial charge < -0.3 is 9.84 Å². The first-order valence-electron chi connectivity index (χ1n) is 7.90. The number of halogens is 3. The van der Waals surface area contributed by atoms with Gasteiger partial charge in [0.1, 0.15) is 12.0 Å². The van der Waals surface area contributed by atoms with Crippen LogP contribution in [0.2, 0.25) is 0 Å². The lowest BCUT2D eigenvalue weighted by Gasteiger charge is -2.24. The fourth-order valence-electron chi connectivity index (χ4n) is 2.61. The van der Waals surface area contributed by atoms with Crippen LogP contribution in [0.15, 0.2) is 46.3 Å². The quantitative estimate of drug-likeness (QED) is 0.296. The van der Waals surface area contributed by atoms with E-state index in [0.717, 1.165) is 12.5 Å². The lowest BCUT2D eigenvalue weighted by atomic mass is 9.79. The molecule has 0 radical (unpaired) electrons. The predicted molar refractivity (Wildman–Crippen MR) is 93.0 cm³/mol. The third-order valence-corrected chi connectivity index (χ3v) is 3.70. The molecule has 0 aromatic rings. The number of carbonyl (C=O) groups is 2. The lowest BCUT2D eigenvalue weighted by Crippen LogP contribution is -2.22. The summed E-state index contributed by atoms with van der Waals surface area (Å²) in [6.45, 7) is 8.40. The highest BCUT2D eigenvalue weighted by molar-refractivity contribution is 6.11. The van der Waals surface area contributed by atoms with Crippen LogP contribution >= 0.6 is 0 Å². The van der Waals surface area contributed by atoms with Gasteiger partial charge >= 0.3 is 6.36 Å². The molecule has 0 aliphatic heterocycles. The number of aliphatic hydroxyl groups is 1. The first-order chi connectivity index (χ1) is 11.8. The second-order valence-corrected chi connectivity index (χ2v) is 6.34. The molecule has 26 heavy (non-hydrogen) atoms. The molecule has 0 amide bonds. The highest BCUT2D eigenvalue weighted by atomic mass is 19.4. The van der Waals surface area contributed by atoms with E-state index in [1.165, 1.54) is 6.92 Å². The smallest absolute Gasteiger partial charge is 0.410 e. The molecule has 0 heterocycles. The summed E-state index contributed by atoms with van der Waals surface area (Å²) in [6, 6.07) is 0. The van der Waals surface area contributed by atoms with Crippen molar-refractivity contribution >= 4 is 12.1 Å². The molecular weight excluding hydrogens is 349 g/mol. The van der Waals surface area contributed by atoms with Crippen LogP contribution in [0, 0.1) is 5.41 Å². The van der Waals surface area contributed by atoms with Gasteiger partial charge in [0, 0.05) is 16.6 Å². The van der Waals surface area contributed by atoms with Gasteiger partial charge in [-0.05, 0) is 27.7 Å². The largest absolute Gasteiger partial charge is 0.572 e. The summed E-state index contributed by atoms with van der Waals surface area (Å²) in [5.41, 5.74) is -0.485. The van der Waals surface area contributed by atoms with Crippen LogP contribution in [0.5, 0.6) is 0 Å². The number of allylic oxidation sites excluding steroid dienone is 7. The van der Waals surface area contributed by atoms with Gasteiger partial charge in [-0.25, -0.2) is 0 Å². The van der Waals surface area contributed by atoms with Gasteiger partial charge in [-0.15, -0.1) is 13.2 Å².